The molecule has 1 saturated heterocycles. The minimum Gasteiger partial charge on any atom is -0.398 e. The molecule has 0 spiro atoms. The molecule has 1 aromatic rings. The molecule has 1 aliphatic rings. The van der Waals surface area contributed by atoms with Crippen LogP contribution in [0.2, 0.25) is 0 Å². The summed E-state index contributed by atoms with van der Waals surface area (Å²) in [5.74, 6) is 0.0966. The summed E-state index contributed by atoms with van der Waals surface area (Å²) in [6.07, 6.45) is 3.38. The van der Waals surface area contributed by atoms with Gasteiger partial charge in [0.1, 0.15) is 0 Å². The zero-order valence-corrected chi connectivity index (χ0v) is 12.2. The van der Waals surface area contributed by atoms with Gasteiger partial charge >= 0.3 is 0 Å². The molecule has 2 N–H and O–H groups in total. The molecule has 1 amide bonds. The van der Waals surface area contributed by atoms with E-state index in [1.807, 2.05) is 30.0 Å². The quantitative estimate of drug-likeness (QED) is 0.848. The maximum Gasteiger partial charge on any atom is 0.256 e. The predicted molar refractivity (Wildman–Crippen MR) is 79.1 cm³/mol. The zero-order chi connectivity index (χ0) is 14.0. The van der Waals surface area contributed by atoms with Crippen molar-refractivity contribution < 1.29 is 4.79 Å². The first kappa shape index (κ1) is 13.9. The number of amides is 1. The molecule has 0 radical (unpaired) electrons. The van der Waals surface area contributed by atoms with Crippen LogP contribution in [0.4, 0.5) is 5.69 Å². The summed E-state index contributed by atoms with van der Waals surface area (Å²) in [5, 5.41) is 0. The molecular weight excluding hydrogens is 236 g/mol. The zero-order valence-electron chi connectivity index (χ0n) is 12.2. The molecule has 104 valence electrons. The van der Waals surface area contributed by atoms with Crippen LogP contribution in [0.3, 0.4) is 0 Å². The third kappa shape index (κ3) is 2.46. The molecule has 2 rings (SSSR count). The number of hydrogen-bond donors (Lipinski definition) is 1. The number of likely N-dealkylation sites (tertiary alicyclic amines) is 1. The molecule has 0 unspecified atom stereocenters. The highest BCUT2D eigenvalue weighted by Crippen LogP contribution is 2.38. The van der Waals surface area contributed by atoms with Gasteiger partial charge in [0.25, 0.3) is 5.91 Å². The van der Waals surface area contributed by atoms with E-state index < -0.39 is 0 Å². The summed E-state index contributed by atoms with van der Waals surface area (Å²) in [6, 6.07) is 5.66. The van der Waals surface area contributed by atoms with Crippen LogP contribution in [0.15, 0.2) is 18.2 Å². The minimum absolute atomic E-state index is 0.0966. The van der Waals surface area contributed by atoms with Crippen molar-refractivity contribution in [3.05, 3.63) is 29.3 Å². The number of rotatable bonds is 3. The summed E-state index contributed by atoms with van der Waals surface area (Å²) in [7, 11) is 0. The average molecular weight is 260 g/mol. The minimum atomic E-state index is 0.0966. The first-order chi connectivity index (χ1) is 9.03. The molecule has 19 heavy (non-hydrogen) atoms. The van der Waals surface area contributed by atoms with Gasteiger partial charge in [0.05, 0.1) is 5.56 Å². The Balaban J connectivity index is 2.23. The van der Waals surface area contributed by atoms with Gasteiger partial charge in [0.2, 0.25) is 0 Å². The molecule has 1 fully saturated rings. The van der Waals surface area contributed by atoms with Crippen LogP contribution >= 0.6 is 0 Å². The molecule has 3 nitrogen and oxygen atoms in total. The van der Waals surface area contributed by atoms with E-state index in [4.69, 9.17) is 5.73 Å². The van der Waals surface area contributed by atoms with Crippen molar-refractivity contribution >= 4 is 11.6 Å². The van der Waals surface area contributed by atoms with Crippen molar-refractivity contribution in [2.24, 2.45) is 5.41 Å². The fraction of sp³-hybridized carbons (Fsp3) is 0.562. The SMILES string of the molecule is CCC1(CC)CCN(C(=O)c2c(C)cccc2N)C1. The second-order valence-electron chi connectivity index (χ2n) is 5.72. The normalized spacial score (nSPS) is 17.7. The average Bonchev–Trinajstić information content (AvgIpc) is 2.83. The van der Waals surface area contributed by atoms with E-state index in [0.29, 0.717) is 16.7 Å². The van der Waals surface area contributed by atoms with E-state index in [0.717, 1.165) is 37.9 Å². The van der Waals surface area contributed by atoms with E-state index in [1.54, 1.807) is 0 Å². The fourth-order valence-corrected chi connectivity index (χ4v) is 3.08. The van der Waals surface area contributed by atoms with Crippen LogP contribution in [-0.2, 0) is 0 Å². The van der Waals surface area contributed by atoms with E-state index >= 15 is 0 Å². The number of carbonyl (C=O) groups is 1. The highest BCUT2D eigenvalue weighted by molar-refractivity contribution is 6.00. The first-order valence-corrected chi connectivity index (χ1v) is 7.17. The number of aryl methyl sites for hydroxylation is 1. The lowest BCUT2D eigenvalue weighted by Crippen LogP contribution is -2.32. The summed E-state index contributed by atoms with van der Waals surface area (Å²) < 4.78 is 0. The summed E-state index contributed by atoms with van der Waals surface area (Å²) in [4.78, 5) is 14.6. The molecule has 3 heteroatoms. The molecule has 1 heterocycles. The Hall–Kier alpha value is -1.51. The molecule has 0 aliphatic carbocycles. The van der Waals surface area contributed by atoms with Crippen molar-refractivity contribution in [3.8, 4) is 0 Å². The number of benzene rings is 1. The highest BCUT2D eigenvalue weighted by Gasteiger charge is 2.37. The third-order valence-electron chi connectivity index (χ3n) is 4.74. The number of nitrogens with zero attached hydrogens (tertiary/aromatic N) is 1. The molecule has 0 aromatic heterocycles. The van der Waals surface area contributed by atoms with Crippen molar-refractivity contribution in [2.75, 3.05) is 18.8 Å². The Labute approximate surface area is 115 Å². The van der Waals surface area contributed by atoms with Crippen molar-refractivity contribution in [1.29, 1.82) is 0 Å². The molecule has 0 bridgehead atoms. The lowest BCUT2D eigenvalue weighted by Gasteiger charge is -2.26. The monoisotopic (exact) mass is 260 g/mol. The Morgan fingerprint density at radius 2 is 2.05 bits per heavy atom. The Morgan fingerprint density at radius 1 is 1.37 bits per heavy atom. The van der Waals surface area contributed by atoms with Crippen molar-refractivity contribution in [2.45, 2.75) is 40.0 Å². The molecule has 1 aliphatic heterocycles. The van der Waals surface area contributed by atoms with Gasteiger partial charge in [-0.3, -0.25) is 4.79 Å². The third-order valence-corrected chi connectivity index (χ3v) is 4.74. The first-order valence-electron chi connectivity index (χ1n) is 7.17. The molecule has 0 atom stereocenters. The number of carbonyl (C=O) groups excluding carboxylic acids is 1. The second-order valence-corrected chi connectivity index (χ2v) is 5.72. The lowest BCUT2D eigenvalue weighted by molar-refractivity contribution is 0.0770. The summed E-state index contributed by atoms with van der Waals surface area (Å²) in [5.41, 5.74) is 8.53. The van der Waals surface area contributed by atoms with Gasteiger partial charge in [0, 0.05) is 18.8 Å². The van der Waals surface area contributed by atoms with Gasteiger partial charge in [-0.25, -0.2) is 0 Å². The van der Waals surface area contributed by atoms with Crippen LogP contribution in [0.1, 0.15) is 49.0 Å². The Kier molecular flexibility index (Phi) is 3.83. The van der Waals surface area contributed by atoms with Crippen LogP contribution in [0.5, 0.6) is 0 Å². The lowest BCUT2D eigenvalue weighted by atomic mass is 9.82. The second kappa shape index (κ2) is 5.24. The number of anilines is 1. The number of hydrogen-bond acceptors (Lipinski definition) is 2. The number of nitrogen functional groups attached to an aromatic ring is 1. The van der Waals surface area contributed by atoms with Gasteiger partial charge < -0.3 is 10.6 Å². The van der Waals surface area contributed by atoms with Gasteiger partial charge in [-0.2, -0.15) is 0 Å². The fourth-order valence-electron chi connectivity index (χ4n) is 3.08. The molecule has 1 aromatic carbocycles. The topological polar surface area (TPSA) is 46.3 Å². The maximum absolute atomic E-state index is 12.7. The van der Waals surface area contributed by atoms with Gasteiger partial charge in [0.15, 0.2) is 0 Å². The van der Waals surface area contributed by atoms with Crippen molar-refractivity contribution in [1.82, 2.24) is 4.90 Å². The van der Waals surface area contributed by atoms with Gasteiger partial charge in [-0.05, 0) is 43.2 Å². The van der Waals surface area contributed by atoms with Gasteiger partial charge in [-0.15, -0.1) is 0 Å². The van der Waals surface area contributed by atoms with E-state index in [2.05, 4.69) is 13.8 Å². The number of nitrogens with two attached hydrogens (primary N) is 1. The van der Waals surface area contributed by atoms with Crippen LogP contribution in [-0.4, -0.2) is 23.9 Å². The van der Waals surface area contributed by atoms with Crippen LogP contribution in [0, 0.1) is 12.3 Å². The summed E-state index contributed by atoms with van der Waals surface area (Å²) >= 11 is 0. The smallest absolute Gasteiger partial charge is 0.256 e. The predicted octanol–water partition coefficient (Wildman–Crippen LogP) is 3.23. The largest absolute Gasteiger partial charge is 0.398 e. The van der Waals surface area contributed by atoms with Crippen LogP contribution in [0.25, 0.3) is 0 Å². The van der Waals surface area contributed by atoms with E-state index in [1.165, 1.54) is 0 Å². The maximum atomic E-state index is 12.7. The van der Waals surface area contributed by atoms with Crippen molar-refractivity contribution in [3.63, 3.8) is 0 Å². The standard InChI is InChI=1S/C16H24N2O/c1-4-16(5-2)9-10-18(11-16)15(19)14-12(3)7-6-8-13(14)17/h6-8H,4-5,9-11,17H2,1-3H3. The van der Waals surface area contributed by atoms with E-state index in [9.17, 15) is 4.79 Å². The van der Waals surface area contributed by atoms with E-state index in [-0.39, 0.29) is 5.91 Å². The highest BCUT2D eigenvalue weighted by atomic mass is 16.2. The Morgan fingerprint density at radius 3 is 2.58 bits per heavy atom. The van der Waals surface area contributed by atoms with Gasteiger partial charge in [-0.1, -0.05) is 26.0 Å². The molecular formula is C16H24N2O. The Bertz CT molecular complexity index is 457. The van der Waals surface area contributed by atoms with Crippen LogP contribution < -0.4 is 5.73 Å². The molecule has 0 saturated carbocycles. The summed E-state index contributed by atoms with van der Waals surface area (Å²) in [6.45, 7) is 8.12.